The van der Waals surface area contributed by atoms with E-state index in [2.05, 4.69) is 42.7 Å². The zero-order chi connectivity index (χ0) is 13.0. The molecule has 18 heavy (non-hydrogen) atoms. The Morgan fingerprint density at radius 1 is 1.28 bits per heavy atom. The Hall–Kier alpha value is -0.720. The lowest BCUT2D eigenvalue weighted by Crippen LogP contribution is -2.43. The molecule has 0 N–H and O–H groups in total. The Morgan fingerprint density at radius 3 is 2.67 bits per heavy atom. The van der Waals surface area contributed by atoms with E-state index in [4.69, 9.17) is 4.74 Å². The van der Waals surface area contributed by atoms with Crippen LogP contribution in [0.1, 0.15) is 6.42 Å². The number of rotatable bonds is 2. The van der Waals surface area contributed by atoms with Gasteiger partial charge in [-0.2, -0.15) is 0 Å². The lowest BCUT2D eigenvalue weighted by molar-refractivity contribution is 0.0850. The molecule has 1 aliphatic rings. The highest BCUT2D eigenvalue weighted by Gasteiger charge is 2.19. The van der Waals surface area contributed by atoms with Gasteiger partial charge in [0.15, 0.2) is 4.73 Å². The molecule has 1 aromatic heterocycles. The minimum atomic E-state index is 0.261. The third-order valence-electron chi connectivity index (χ3n) is 3.31. The summed E-state index contributed by atoms with van der Waals surface area (Å²) in [6, 6.07) is 0. The smallest absolute Gasteiger partial charge is 0.196 e. The molecule has 2 heterocycles. The third-order valence-corrected chi connectivity index (χ3v) is 3.72. The highest BCUT2D eigenvalue weighted by Crippen LogP contribution is 2.16. The number of halogens is 1. The molecule has 1 aliphatic heterocycles. The van der Waals surface area contributed by atoms with Crippen molar-refractivity contribution in [3.63, 3.8) is 0 Å². The average molecular weight is 315 g/mol. The summed E-state index contributed by atoms with van der Waals surface area (Å²) in [5.41, 5.74) is 1.05. The van der Waals surface area contributed by atoms with Crippen molar-refractivity contribution in [2.24, 2.45) is 0 Å². The maximum atomic E-state index is 5.53. The maximum absolute atomic E-state index is 5.53. The van der Waals surface area contributed by atoms with Crippen LogP contribution in [0.5, 0.6) is 0 Å². The van der Waals surface area contributed by atoms with E-state index >= 15 is 0 Å². The number of nitrogens with zero attached hydrogens (tertiary/aromatic N) is 4. The minimum Gasteiger partial charge on any atom is -0.380 e. The van der Waals surface area contributed by atoms with Crippen molar-refractivity contribution in [3.05, 3.63) is 17.1 Å². The third kappa shape index (κ3) is 3.63. The number of methoxy groups -OCH3 is 1. The second kappa shape index (κ2) is 6.45. The summed E-state index contributed by atoms with van der Waals surface area (Å²) in [4.78, 5) is 13.0. The van der Waals surface area contributed by atoms with Crippen LogP contribution in [0.4, 0.5) is 5.69 Å². The van der Waals surface area contributed by atoms with Crippen molar-refractivity contribution in [1.82, 2.24) is 14.9 Å². The molecule has 5 nitrogen and oxygen atoms in total. The summed E-state index contributed by atoms with van der Waals surface area (Å²) in [5.74, 6) is 0. The molecule has 0 aliphatic carbocycles. The molecule has 2 rings (SSSR count). The molecular weight excluding hydrogens is 296 g/mol. The Bertz CT molecular complexity index is 373. The zero-order valence-electron chi connectivity index (χ0n) is 10.8. The lowest BCUT2D eigenvalue weighted by atomic mass is 10.2. The first kappa shape index (κ1) is 13.7. The highest BCUT2D eigenvalue weighted by molar-refractivity contribution is 9.10. The van der Waals surface area contributed by atoms with E-state index in [0.717, 1.165) is 38.3 Å². The van der Waals surface area contributed by atoms with Crippen LogP contribution in [0.25, 0.3) is 0 Å². The first-order valence-electron chi connectivity index (χ1n) is 6.13. The Labute approximate surface area is 116 Å². The van der Waals surface area contributed by atoms with Gasteiger partial charge in [-0.05, 0) is 29.4 Å². The Morgan fingerprint density at radius 2 is 2.00 bits per heavy atom. The fourth-order valence-corrected chi connectivity index (χ4v) is 2.30. The first-order valence-corrected chi connectivity index (χ1v) is 6.92. The number of likely N-dealkylation sites (N-methyl/N-ethyl adjacent to an activating group) is 1. The van der Waals surface area contributed by atoms with Gasteiger partial charge in [-0.25, -0.2) is 9.97 Å². The normalized spacial score (nSPS) is 22.6. The number of hydrogen-bond acceptors (Lipinski definition) is 5. The highest BCUT2D eigenvalue weighted by atomic mass is 79.9. The molecule has 0 spiro atoms. The van der Waals surface area contributed by atoms with Crippen LogP contribution in [0, 0.1) is 0 Å². The van der Waals surface area contributed by atoms with Gasteiger partial charge in [-0.15, -0.1) is 0 Å². The molecule has 1 saturated heterocycles. The van der Waals surface area contributed by atoms with E-state index in [0.29, 0.717) is 4.73 Å². The van der Waals surface area contributed by atoms with Gasteiger partial charge in [0.05, 0.1) is 24.2 Å². The Balaban J connectivity index is 2.10. The zero-order valence-corrected chi connectivity index (χ0v) is 12.4. The topological polar surface area (TPSA) is 41.5 Å². The number of aromatic nitrogens is 2. The van der Waals surface area contributed by atoms with Gasteiger partial charge in [0.2, 0.25) is 0 Å². The van der Waals surface area contributed by atoms with Crippen LogP contribution in [-0.4, -0.2) is 61.3 Å². The molecule has 6 heteroatoms. The molecule has 0 saturated carbocycles. The second-order valence-electron chi connectivity index (χ2n) is 4.61. The van der Waals surface area contributed by atoms with Crippen LogP contribution in [0.2, 0.25) is 0 Å². The van der Waals surface area contributed by atoms with E-state index in [1.807, 2.05) is 12.4 Å². The molecule has 1 unspecified atom stereocenters. The summed E-state index contributed by atoms with van der Waals surface area (Å²) in [6.07, 6.45) is 5.02. The van der Waals surface area contributed by atoms with Gasteiger partial charge >= 0.3 is 0 Å². The molecule has 100 valence electrons. The average Bonchev–Trinajstić information content (AvgIpc) is 2.36. The van der Waals surface area contributed by atoms with Gasteiger partial charge in [0.1, 0.15) is 0 Å². The van der Waals surface area contributed by atoms with Crippen LogP contribution in [-0.2, 0) is 4.74 Å². The Kier molecular flexibility index (Phi) is 4.91. The van der Waals surface area contributed by atoms with Crippen LogP contribution in [0.15, 0.2) is 17.1 Å². The molecule has 0 radical (unpaired) electrons. The molecule has 1 aromatic rings. The quantitative estimate of drug-likeness (QED) is 0.772. The van der Waals surface area contributed by atoms with Crippen molar-refractivity contribution in [2.75, 3.05) is 45.2 Å². The number of ether oxygens (including phenoxy) is 1. The van der Waals surface area contributed by atoms with Crippen molar-refractivity contribution in [1.29, 1.82) is 0 Å². The molecule has 1 atom stereocenters. The van der Waals surface area contributed by atoms with E-state index in [-0.39, 0.29) is 6.10 Å². The van der Waals surface area contributed by atoms with Crippen molar-refractivity contribution < 1.29 is 4.74 Å². The standard InChI is InChI=1S/C12H19BrN4O/c1-16-4-3-11(18-2)9-17(6-5-16)10-7-14-12(13)15-8-10/h7-8,11H,3-6,9H2,1-2H3. The van der Waals surface area contributed by atoms with E-state index < -0.39 is 0 Å². The molecule has 1 fully saturated rings. The number of anilines is 1. The van der Waals surface area contributed by atoms with E-state index in [1.165, 1.54) is 0 Å². The van der Waals surface area contributed by atoms with Crippen molar-refractivity contribution in [2.45, 2.75) is 12.5 Å². The molecule has 0 bridgehead atoms. The predicted octanol–water partition coefficient (Wildman–Crippen LogP) is 1.40. The van der Waals surface area contributed by atoms with Gasteiger partial charge in [0.25, 0.3) is 0 Å². The predicted molar refractivity (Wildman–Crippen MR) is 74.9 cm³/mol. The fraction of sp³-hybridized carbons (Fsp3) is 0.667. The van der Waals surface area contributed by atoms with Crippen LogP contribution < -0.4 is 4.90 Å². The maximum Gasteiger partial charge on any atom is 0.196 e. The van der Waals surface area contributed by atoms with Gasteiger partial charge in [-0.3, -0.25) is 0 Å². The van der Waals surface area contributed by atoms with Gasteiger partial charge in [-0.1, -0.05) is 0 Å². The molecule has 0 amide bonds. The molecular formula is C12H19BrN4O. The summed E-state index contributed by atoms with van der Waals surface area (Å²) < 4.78 is 6.16. The van der Waals surface area contributed by atoms with Crippen LogP contribution >= 0.6 is 15.9 Å². The number of hydrogen-bond donors (Lipinski definition) is 0. The van der Waals surface area contributed by atoms with E-state index in [1.54, 1.807) is 7.11 Å². The summed E-state index contributed by atoms with van der Waals surface area (Å²) in [6.45, 7) is 4.01. The first-order chi connectivity index (χ1) is 8.69. The lowest BCUT2D eigenvalue weighted by Gasteiger charge is -2.33. The summed E-state index contributed by atoms with van der Waals surface area (Å²) in [5, 5.41) is 0. The van der Waals surface area contributed by atoms with E-state index in [9.17, 15) is 0 Å². The van der Waals surface area contributed by atoms with Gasteiger partial charge < -0.3 is 14.5 Å². The largest absolute Gasteiger partial charge is 0.380 e. The van der Waals surface area contributed by atoms with Crippen LogP contribution in [0.3, 0.4) is 0 Å². The van der Waals surface area contributed by atoms with Crippen molar-refractivity contribution >= 4 is 21.6 Å². The monoisotopic (exact) mass is 314 g/mol. The fourth-order valence-electron chi connectivity index (χ4n) is 2.09. The summed E-state index contributed by atoms with van der Waals surface area (Å²) in [7, 11) is 3.93. The minimum absolute atomic E-state index is 0.261. The van der Waals surface area contributed by atoms with Gasteiger partial charge in [0, 0.05) is 33.3 Å². The molecule has 0 aromatic carbocycles. The second-order valence-corrected chi connectivity index (χ2v) is 5.32. The van der Waals surface area contributed by atoms with Crippen molar-refractivity contribution in [3.8, 4) is 0 Å². The SMILES string of the molecule is COC1CCN(C)CCN(c2cnc(Br)nc2)C1. The summed E-state index contributed by atoms with van der Waals surface area (Å²) >= 11 is 3.26.